The van der Waals surface area contributed by atoms with Crippen LogP contribution in [0.5, 0.6) is 5.75 Å². The molecule has 0 unspecified atom stereocenters. The van der Waals surface area contributed by atoms with Crippen LogP contribution in [0.1, 0.15) is 16.1 Å². The molecule has 1 aromatic carbocycles. The highest BCUT2D eigenvalue weighted by atomic mass is 32.1. The van der Waals surface area contributed by atoms with E-state index >= 15 is 0 Å². The van der Waals surface area contributed by atoms with Gasteiger partial charge in [-0.3, -0.25) is 10.1 Å². The van der Waals surface area contributed by atoms with Crippen LogP contribution in [0, 0.1) is 0 Å². The summed E-state index contributed by atoms with van der Waals surface area (Å²) in [6.45, 7) is 0.252. The van der Waals surface area contributed by atoms with Gasteiger partial charge >= 0.3 is 0 Å². The molecule has 4 aromatic rings. The molecule has 7 heteroatoms. The van der Waals surface area contributed by atoms with Crippen LogP contribution >= 0.6 is 22.7 Å². The van der Waals surface area contributed by atoms with E-state index in [0.717, 1.165) is 16.3 Å². The Morgan fingerprint density at radius 3 is 2.81 bits per heavy atom. The molecule has 0 spiro atoms. The van der Waals surface area contributed by atoms with Crippen molar-refractivity contribution in [1.29, 1.82) is 0 Å². The van der Waals surface area contributed by atoms with E-state index in [4.69, 9.17) is 9.15 Å². The van der Waals surface area contributed by atoms with Gasteiger partial charge in [0.1, 0.15) is 12.4 Å². The standard InChI is InChI=1S/C19H14N2O3S2/c22-18(21-19-20-15(12-26-19)16-7-4-10-25-16)17-13(8-9-23-17)11-24-14-5-2-1-3-6-14/h1-10,12H,11H2,(H,20,21,22). The second-order valence-corrected chi connectivity index (χ2v) is 7.15. The second kappa shape index (κ2) is 7.55. The van der Waals surface area contributed by atoms with Gasteiger partial charge in [-0.2, -0.15) is 0 Å². The molecule has 0 atom stereocenters. The highest BCUT2D eigenvalue weighted by molar-refractivity contribution is 7.16. The number of thiazole rings is 1. The lowest BCUT2D eigenvalue weighted by Crippen LogP contribution is -2.13. The number of carbonyl (C=O) groups is 1. The number of hydrogen-bond acceptors (Lipinski definition) is 6. The monoisotopic (exact) mass is 382 g/mol. The number of ether oxygens (including phenoxy) is 1. The minimum Gasteiger partial charge on any atom is -0.489 e. The van der Waals surface area contributed by atoms with Crippen LogP contribution < -0.4 is 10.1 Å². The number of amides is 1. The molecule has 0 saturated carbocycles. The number of nitrogens with zero attached hydrogens (tertiary/aromatic N) is 1. The number of thiophene rings is 1. The van der Waals surface area contributed by atoms with Gasteiger partial charge in [-0.05, 0) is 29.6 Å². The van der Waals surface area contributed by atoms with Crippen LogP contribution in [-0.2, 0) is 6.61 Å². The van der Waals surface area contributed by atoms with E-state index in [1.165, 1.54) is 17.6 Å². The Hall–Kier alpha value is -2.90. The van der Waals surface area contributed by atoms with E-state index in [0.29, 0.717) is 10.7 Å². The summed E-state index contributed by atoms with van der Waals surface area (Å²) in [4.78, 5) is 18.0. The van der Waals surface area contributed by atoms with E-state index in [1.54, 1.807) is 17.4 Å². The van der Waals surface area contributed by atoms with Crippen LogP contribution in [-0.4, -0.2) is 10.9 Å². The zero-order chi connectivity index (χ0) is 17.8. The number of aromatic nitrogens is 1. The third-order valence-corrected chi connectivity index (χ3v) is 5.24. The molecule has 0 fully saturated rings. The first-order valence-electron chi connectivity index (χ1n) is 7.84. The molecule has 1 N–H and O–H groups in total. The number of rotatable bonds is 6. The van der Waals surface area contributed by atoms with E-state index < -0.39 is 0 Å². The van der Waals surface area contributed by atoms with Gasteiger partial charge in [-0.1, -0.05) is 24.3 Å². The Bertz CT molecular complexity index is 991. The average molecular weight is 382 g/mol. The van der Waals surface area contributed by atoms with Crippen molar-refractivity contribution < 1.29 is 13.9 Å². The normalized spacial score (nSPS) is 10.6. The van der Waals surface area contributed by atoms with Gasteiger partial charge in [0, 0.05) is 10.9 Å². The lowest BCUT2D eigenvalue weighted by atomic mass is 10.2. The van der Waals surface area contributed by atoms with Crippen LogP contribution in [0.25, 0.3) is 10.6 Å². The molecule has 1 amide bonds. The Balaban J connectivity index is 1.43. The SMILES string of the molecule is O=C(Nc1nc(-c2cccs2)cs1)c1occc1COc1ccccc1. The molecular formula is C19H14N2O3S2. The Morgan fingerprint density at radius 1 is 1.12 bits per heavy atom. The van der Waals surface area contributed by atoms with Crippen LogP contribution in [0.15, 0.2) is 70.0 Å². The summed E-state index contributed by atoms with van der Waals surface area (Å²) in [6.07, 6.45) is 1.48. The molecule has 3 heterocycles. The molecule has 0 bridgehead atoms. The Labute approximate surface area is 157 Å². The third-order valence-electron chi connectivity index (χ3n) is 3.59. The number of furan rings is 1. The highest BCUT2D eigenvalue weighted by Gasteiger charge is 2.18. The number of nitrogens with one attached hydrogen (secondary N) is 1. The van der Waals surface area contributed by atoms with Crippen molar-refractivity contribution in [2.75, 3.05) is 5.32 Å². The fourth-order valence-electron chi connectivity index (χ4n) is 2.35. The summed E-state index contributed by atoms with van der Waals surface area (Å²) in [7, 11) is 0. The quantitative estimate of drug-likeness (QED) is 0.492. The zero-order valence-electron chi connectivity index (χ0n) is 13.5. The van der Waals surface area contributed by atoms with Crippen molar-refractivity contribution in [3.63, 3.8) is 0 Å². The molecule has 0 radical (unpaired) electrons. The largest absolute Gasteiger partial charge is 0.489 e. The number of carbonyl (C=O) groups excluding carboxylic acids is 1. The van der Waals surface area contributed by atoms with E-state index in [1.807, 2.05) is 53.2 Å². The average Bonchev–Trinajstić information content (AvgIpc) is 3.41. The number of benzene rings is 1. The van der Waals surface area contributed by atoms with Gasteiger partial charge in [-0.15, -0.1) is 22.7 Å². The van der Waals surface area contributed by atoms with Crippen molar-refractivity contribution in [3.05, 3.63) is 76.9 Å². The maximum absolute atomic E-state index is 12.5. The van der Waals surface area contributed by atoms with Crippen molar-refractivity contribution >= 4 is 33.7 Å². The summed E-state index contributed by atoms with van der Waals surface area (Å²) < 4.78 is 11.0. The predicted molar refractivity (Wildman–Crippen MR) is 103 cm³/mol. The summed E-state index contributed by atoms with van der Waals surface area (Å²) in [6, 6.07) is 15.1. The first kappa shape index (κ1) is 16.6. The lowest BCUT2D eigenvalue weighted by Gasteiger charge is -2.06. The number of anilines is 1. The number of para-hydroxylation sites is 1. The lowest BCUT2D eigenvalue weighted by molar-refractivity contribution is 0.0993. The zero-order valence-corrected chi connectivity index (χ0v) is 15.2. The Kier molecular flexibility index (Phi) is 4.81. The third kappa shape index (κ3) is 3.68. The van der Waals surface area contributed by atoms with Crippen LogP contribution in [0.2, 0.25) is 0 Å². The van der Waals surface area contributed by atoms with Gasteiger partial charge < -0.3 is 9.15 Å². The topological polar surface area (TPSA) is 64.4 Å². The van der Waals surface area contributed by atoms with Crippen molar-refractivity contribution in [2.24, 2.45) is 0 Å². The summed E-state index contributed by atoms with van der Waals surface area (Å²) in [5.74, 6) is 0.628. The summed E-state index contributed by atoms with van der Waals surface area (Å²) >= 11 is 2.99. The van der Waals surface area contributed by atoms with Crippen LogP contribution in [0.3, 0.4) is 0 Å². The van der Waals surface area contributed by atoms with E-state index in [-0.39, 0.29) is 18.3 Å². The van der Waals surface area contributed by atoms with Gasteiger partial charge in [0.15, 0.2) is 10.9 Å². The number of hydrogen-bond donors (Lipinski definition) is 1. The first-order valence-corrected chi connectivity index (χ1v) is 9.60. The second-order valence-electron chi connectivity index (χ2n) is 5.35. The molecule has 130 valence electrons. The molecule has 5 nitrogen and oxygen atoms in total. The first-order chi connectivity index (χ1) is 12.8. The highest BCUT2D eigenvalue weighted by Crippen LogP contribution is 2.28. The van der Waals surface area contributed by atoms with E-state index in [9.17, 15) is 4.79 Å². The molecule has 3 aromatic heterocycles. The van der Waals surface area contributed by atoms with Gasteiger partial charge in [-0.25, -0.2) is 4.98 Å². The molecular weight excluding hydrogens is 368 g/mol. The maximum atomic E-state index is 12.5. The minimum atomic E-state index is -0.339. The molecule has 4 rings (SSSR count). The molecule has 0 aliphatic carbocycles. The van der Waals surface area contributed by atoms with Crippen molar-refractivity contribution in [2.45, 2.75) is 6.61 Å². The molecule has 0 aliphatic rings. The minimum absolute atomic E-state index is 0.230. The van der Waals surface area contributed by atoms with E-state index in [2.05, 4.69) is 10.3 Å². The van der Waals surface area contributed by atoms with Crippen molar-refractivity contribution in [3.8, 4) is 16.3 Å². The predicted octanol–water partition coefficient (Wildman–Crippen LogP) is 5.30. The van der Waals surface area contributed by atoms with Crippen LogP contribution in [0.4, 0.5) is 5.13 Å². The summed E-state index contributed by atoms with van der Waals surface area (Å²) in [5, 5.41) is 7.24. The molecule has 0 saturated heterocycles. The molecule has 26 heavy (non-hydrogen) atoms. The van der Waals surface area contributed by atoms with Gasteiger partial charge in [0.2, 0.25) is 0 Å². The van der Waals surface area contributed by atoms with Crippen molar-refractivity contribution in [1.82, 2.24) is 4.98 Å². The Morgan fingerprint density at radius 2 is 2.00 bits per heavy atom. The fourth-order valence-corrected chi connectivity index (χ4v) is 3.82. The maximum Gasteiger partial charge on any atom is 0.293 e. The van der Waals surface area contributed by atoms with Gasteiger partial charge in [0.05, 0.1) is 16.8 Å². The van der Waals surface area contributed by atoms with Gasteiger partial charge in [0.25, 0.3) is 5.91 Å². The molecule has 0 aliphatic heterocycles. The smallest absolute Gasteiger partial charge is 0.293 e. The summed E-state index contributed by atoms with van der Waals surface area (Å²) in [5.41, 5.74) is 1.54. The fraction of sp³-hybridized carbons (Fsp3) is 0.0526.